The first kappa shape index (κ1) is 25.9. The van der Waals surface area contributed by atoms with Gasteiger partial charge >= 0.3 is 0 Å². The van der Waals surface area contributed by atoms with E-state index < -0.39 is 9.73 Å². The van der Waals surface area contributed by atoms with E-state index in [1.807, 2.05) is 54.6 Å². The van der Waals surface area contributed by atoms with Gasteiger partial charge in [-0.05, 0) is 97.0 Å². The SMILES string of the molecule is O=S1(c2ccccc2)=Nc2ccccc2-c2cc(-c3cccc(-c4ccc5c6ccccc6c6ccccc6c5c4)c3)ccc21. The van der Waals surface area contributed by atoms with Gasteiger partial charge in [0.1, 0.15) is 9.73 Å². The fraction of sp³-hybridized carbons (Fsp3) is 0. The zero-order valence-corrected chi connectivity index (χ0v) is 25.2. The minimum atomic E-state index is -2.82. The van der Waals surface area contributed by atoms with Gasteiger partial charge in [0.25, 0.3) is 0 Å². The van der Waals surface area contributed by atoms with Gasteiger partial charge in [-0.25, -0.2) is 4.21 Å². The molecule has 45 heavy (non-hydrogen) atoms. The lowest BCUT2D eigenvalue weighted by molar-refractivity contribution is 0.676. The predicted octanol–water partition coefficient (Wildman–Crippen LogP) is 11.7. The van der Waals surface area contributed by atoms with Crippen LogP contribution in [0.1, 0.15) is 0 Å². The highest BCUT2D eigenvalue weighted by molar-refractivity contribution is 7.94. The first-order chi connectivity index (χ1) is 22.2. The van der Waals surface area contributed by atoms with E-state index in [0.29, 0.717) is 0 Å². The summed E-state index contributed by atoms with van der Waals surface area (Å²) in [6.45, 7) is 0. The Hall–Kier alpha value is -5.51. The maximum absolute atomic E-state index is 14.6. The molecule has 1 aliphatic heterocycles. The van der Waals surface area contributed by atoms with E-state index in [9.17, 15) is 4.21 Å². The number of hydrogen-bond acceptors (Lipinski definition) is 2. The minimum absolute atomic E-state index is 0.729. The first-order valence-electron chi connectivity index (χ1n) is 15.2. The quantitative estimate of drug-likeness (QED) is 0.187. The first-order valence-corrected chi connectivity index (χ1v) is 16.7. The topological polar surface area (TPSA) is 29.4 Å². The van der Waals surface area contributed by atoms with Crippen LogP contribution in [-0.4, -0.2) is 4.21 Å². The van der Waals surface area contributed by atoms with Crippen LogP contribution in [0.5, 0.6) is 0 Å². The van der Waals surface area contributed by atoms with Gasteiger partial charge in [-0.15, -0.1) is 0 Å². The van der Waals surface area contributed by atoms with Gasteiger partial charge in [-0.2, -0.15) is 4.36 Å². The Morgan fingerprint density at radius 2 is 0.911 bits per heavy atom. The van der Waals surface area contributed by atoms with Gasteiger partial charge in [-0.3, -0.25) is 0 Å². The van der Waals surface area contributed by atoms with Crippen molar-refractivity contribution >= 4 is 47.7 Å². The summed E-state index contributed by atoms with van der Waals surface area (Å²) in [6.07, 6.45) is 0. The van der Waals surface area contributed by atoms with Gasteiger partial charge in [0.05, 0.1) is 15.5 Å². The third-order valence-corrected chi connectivity index (χ3v) is 11.4. The summed E-state index contributed by atoms with van der Waals surface area (Å²) >= 11 is 0. The summed E-state index contributed by atoms with van der Waals surface area (Å²) in [4.78, 5) is 1.49. The largest absolute Gasteiger partial charge is 0.239 e. The van der Waals surface area contributed by atoms with E-state index in [1.165, 1.54) is 37.9 Å². The van der Waals surface area contributed by atoms with Crippen LogP contribution in [0.3, 0.4) is 0 Å². The summed E-state index contributed by atoms with van der Waals surface area (Å²) in [5.41, 5.74) is 7.28. The molecule has 0 N–H and O–H groups in total. The standard InChI is InChI=1S/C42H27NOS/c44-45(32-13-2-1-3-14-32)42-24-22-31(27-40(42)38-19-8-9-20-41(38)43-45)29-12-10-11-28(25-29)30-21-23-37-35-17-5-4-15-33(35)34-16-6-7-18-36(34)39(37)26-30/h1-27H. The van der Waals surface area contributed by atoms with Crippen molar-refractivity contribution in [1.29, 1.82) is 0 Å². The van der Waals surface area contributed by atoms with Crippen LogP contribution in [-0.2, 0) is 9.73 Å². The van der Waals surface area contributed by atoms with Crippen molar-refractivity contribution < 1.29 is 4.21 Å². The van der Waals surface area contributed by atoms with Crippen LogP contribution >= 0.6 is 0 Å². The number of fused-ring (bicyclic) bond motifs is 9. The van der Waals surface area contributed by atoms with E-state index in [-0.39, 0.29) is 0 Å². The molecule has 9 rings (SSSR count). The monoisotopic (exact) mass is 593 g/mol. The Morgan fingerprint density at radius 3 is 1.62 bits per heavy atom. The molecule has 1 aliphatic rings. The Morgan fingerprint density at radius 1 is 0.378 bits per heavy atom. The second-order valence-electron chi connectivity index (χ2n) is 11.6. The van der Waals surface area contributed by atoms with Gasteiger partial charge in [0.2, 0.25) is 0 Å². The van der Waals surface area contributed by atoms with E-state index in [1.54, 1.807) is 0 Å². The van der Waals surface area contributed by atoms with Crippen molar-refractivity contribution in [3.63, 3.8) is 0 Å². The van der Waals surface area contributed by atoms with E-state index in [4.69, 9.17) is 4.36 Å². The van der Waals surface area contributed by atoms with Gasteiger partial charge in [-0.1, -0.05) is 121 Å². The molecule has 0 saturated carbocycles. The van der Waals surface area contributed by atoms with Crippen LogP contribution in [0.4, 0.5) is 5.69 Å². The minimum Gasteiger partial charge on any atom is -0.239 e. The molecule has 0 fully saturated rings. The number of benzene rings is 8. The van der Waals surface area contributed by atoms with Crippen molar-refractivity contribution in [3.05, 3.63) is 164 Å². The van der Waals surface area contributed by atoms with Gasteiger partial charge in [0.15, 0.2) is 0 Å². The lowest BCUT2D eigenvalue weighted by Crippen LogP contribution is -2.07. The maximum atomic E-state index is 14.6. The lowest BCUT2D eigenvalue weighted by atomic mass is 9.91. The molecule has 0 amide bonds. The molecule has 1 unspecified atom stereocenters. The zero-order valence-electron chi connectivity index (χ0n) is 24.4. The van der Waals surface area contributed by atoms with Crippen molar-refractivity contribution in [1.82, 2.24) is 0 Å². The van der Waals surface area contributed by atoms with E-state index in [2.05, 4.69) is 109 Å². The van der Waals surface area contributed by atoms with Gasteiger partial charge in [0, 0.05) is 11.1 Å². The molecule has 0 spiro atoms. The number of rotatable bonds is 3. The summed E-state index contributed by atoms with van der Waals surface area (Å²) in [5.74, 6) is 0. The van der Waals surface area contributed by atoms with Crippen LogP contribution in [0.25, 0.3) is 65.7 Å². The molecule has 212 valence electrons. The molecule has 0 saturated heterocycles. The Bertz CT molecular complexity index is 2560. The Labute approximate surface area is 262 Å². The molecule has 1 heterocycles. The molecule has 1 atom stereocenters. The van der Waals surface area contributed by atoms with Crippen molar-refractivity contribution in [3.8, 4) is 33.4 Å². The molecule has 2 nitrogen and oxygen atoms in total. The van der Waals surface area contributed by atoms with Crippen LogP contribution in [0.2, 0.25) is 0 Å². The predicted molar refractivity (Wildman–Crippen MR) is 188 cm³/mol. The lowest BCUT2D eigenvalue weighted by Gasteiger charge is -2.22. The van der Waals surface area contributed by atoms with Crippen molar-refractivity contribution in [2.45, 2.75) is 9.79 Å². The molecule has 8 aromatic carbocycles. The van der Waals surface area contributed by atoms with Crippen molar-refractivity contribution in [2.24, 2.45) is 4.36 Å². The second kappa shape index (κ2) is 10.0. The molecular formula is C42H27NOS. The highest BCUT2D eigenvalue weighted by atomic mass is 32.2. The maximum Gasteiger partial charge on any atom is 0.109 e. The molecule has 0 radical (unpaired) electrons. The van der Waals surface area contributed by atoms with Crippen LogP contribution < -0.4 is 0 Å². The van der Waals surface area contributed by atoms with Crippen LogP contribution in [0.15, 0.2) is 178 Å². The highest BCUT2D eigenvalue weighted by Crippen LogP contribution is 2.45. The molecule has 8 aromatic rings. The fourth-order valence-corrected chi connectivity index (χ4v) is 9.02. The normalized spacial score (nSPS) is 15.5. The zero-order chi connectivity index (χ0) is 30.0. The van der Waals surface area contributed by atoms with Gasteiger partial charge < -0.3 is 0 Å². The third-order valence-electron chi connectivity index (χ3n) is 9.03. The van der Waals surface area contributed by atoms with E-state index in [0.717, 1.165) is 43.3 Å². The Balaban J connectivity index is 1.20. The average Bonchev–Trinajstić information content (AvgIpc) is 3.12. The average molecular weight is 594 g/mol. The Kier molecular flexibility index (Phi) is 5.77. The molecule has 0 bridgehead atoms. The molecular weight excluding hydrogens is 567 g/mol. The third kappa shape index (κ3) is 4.05. The molecule has 3 heteroatoms. The van der Waals surface area contributed by atoms with E-state index >= 15 is 0 Å². The van der Waals surface area contributed by atoms with Crippen molar-refractivity contribution in [2.75, 3.05) is 0 Å². The number of nitrogens with zero attached hydrogens (tertiary/aromatic N) is 1. The number of hydrogen-bond donors (Lipinski definition) is 0. The summed E-state index contributed by atoms with van der Waals surface area (Å²) in [6, 6.07) is 56.9. The summed E-state index contributed by atoms with van der Waals surface area (Å²) < 4.78 is 19.4. The summed E-state index contributed by atoms with van der Waals surface area (Å²) in [5, 5.41) is 7.64. The molecule has 0 aliphatic carbocycles. The second-order valence-corrected chi connectivity index (χ2v) is 13.7. The summed E-state index contributed by atoms with van der Waals surface area (Å²) in [7, 11) is -2.82. The smallest absolute Gasteiger partial charge is 0.109 e. The highest BCUT2D eigenvalue weighted by Gasteiger charge is 2.27. The van der Waals surface area contributed by atoms with Crippen LogP contribution in [0, 0.1) is 0 Å². The fourth-order valence-electron chi connectivity index (χ4n) is 6.88. The molecule has 0 aromatic heterocycles.